The minimum Gasteiger partial charge on any atom is -0.394 e. The van der Waals surface area contributed by atoms with Crippen molar-refractivity contribution in [2.45, 2.75) is 82.8 Å². The molecule has 52 heavy (non-hydrogen) atoms. The molecule has 18 heteroatoms. The standard InChI is InChI=1S/C34H53N7O11/c1-21(43)10-13-50-15-16-51-14-11-36-33(49)25(18-29(46)39-34-30(37-22(2)44)32(48)31(47)27(20-42)52-34)38-28(45)9-12-41-24(19-40(4)35-3)17-23-7-5-6-8-26(23)41/h5-8,17,25,27,30-32,34-35,42,47-48H,9-16,18-20H2,1-4H3,(H,36,49)(H,37,44)(H,38,45)(H,39,46)/t25-,27-,30-,31-,32-,34-/m0/s1. The lowest BCUT2D eigenvalue weighted by Crippen LogP contribution is -2.68. The largest absolute Gasteiger partial charge is 0.394 e. The number of aryl methyl sites for hydroxylation is 1. The zero-order valence-electron chi connectivity index (χ0n) is 30.1. The monoisotopic (exact) mass is 735 g/mol. The number of rotatable bonds is 22. The second-order valence-corrected chi connectivity index (χ2v) is 12.5. The van der Waals surface area contributed by atoms with Crippen molar-refractivity contribution in [1.29, 1.82) is 0 Å². The maximum absolute atomic E-state index is 13.3. The molecule has 0 aliphatic carbocycles. The Bertz CT molecular complexity index is 1490. The minimum absolute atomic E-state index is 0.0174. The predicted octanol–water partition coefficient (Wildman–Crippen LogP) is -2.34. The van der Waals surface area contributed by atoms with E-state index in [-0.39, 0.29) is 51.7 Å². The molecule has 3 rings (SSSR count). The summed E-state index contributed by atoms with van der Waals surface area (Å²) in [6.45, 7) is 3.73. The van der Waals surface area contributed by atoms with E-state index in [2.05, 4.69) is 26.7 Å². The fourth-order valence-electron chi connectivity index (χ4n) is 5.62. The molecule has 4 amide bonds. The summed E-state index contributed by atoms with van der Waals surface area (Å²) in [5.41, 5.74) is 4.95. The number of Topliss-reactive ketones (excluding diaryl/α,β-unsaturated/α-hetero) is 1. The molecule has 1 saturated heterocycles. The quantitative estimate of drug-likeness (QED) is 0.0468. The molecule has 0 bridgehead atoms. The molecule has 290 valence electrons. The van der Waals surface area contributed by atoms with E-state index in [4.69, 9.17) is 14.2 Å². The van der Waals surface area contributed by atoms with Gasteiger partial charge in [-0.3, -0.25) is 29.4 Å². The number of nitrogens with zero attached hydrogens (tertiary/aromatic N) is 2. The van der Waals surface area contributed by atoms with Crippen molar-refractivity contribution in [3.8, 4) is 0 Å². The number of amides is 4. The van der Waals surface area contributed by atoms with Crippen LogP contribution in [0.3, 0.4) is 0 Å². The molecule has 1 aromatic carbocycles. The van der Waals surface area contributed by atoms with Gasteiger partial charge in [-0.2, -0.15) is 0 Å². The van der Waals surface area contributed by atoms with Crippen molar-refractivity contribution in [2.24, 2.45) is 0 Å². The zero-order valence-corrected chi connectivity index (χ0v) is 30.1. The number of hydrogen-bond donors (Lipinski definition) is 8. The molecule has 0 unspecified atom stereocenters. The average Bonchev–Trinajstić information content (AvgIpc) is 3.45. The average molecular weight is 736 g/mol. The molecule has 2 heterocycles. The van der Waals surface area contributed by atoms with Gasteiger partial charge in [0.2, 0.25) is 23.6 Å². The van der Waals surface area contributed by atoms with Gasteiger partial charge in [0.25, 0.3) is 0 Å². The molecular formula is C34H53N7O11. The predicted molar refractivity (Wildman–Crippen MR) is 187 cm³/mol. The third-order valence-electron chi connectivity index (χ3n) is 8.40. The molecular weight excluding hydrogens is 682 g/mol. The van der Waals surface area contributed by atoms with E-state index in [1.165, 1.54) is 13.8 Å². The van der Waals surface area contributed by atoms with Crippen molar-refractivity contribution >= 4 is 40.3 Å². The molecule has 1 aliphatic heterocycles. The van der Waals surface area contributed by atoms with Gasteiger partial charge in [-0.1, -0.05) is 18.2 Å². The summed E-state index contributed by atoms with van der Waals surface area (Å²) in [5.74, 6) is -2.51. The van der Waals surface area contributed by atoms with Crippen molar-refractivity contribution in [3.05, 3.63) is 36.0 Å². The highest BCUT2D eigenvalue weighted by Crippen LogP contribution is 2.22. The fraction of sp³-hybridized carbons (Fsp3) is 0.618. The second kappa shape index (κ2) is 21.5. The first-order chi connectivity index (χ1) is 24.8. The van der Waals surface area contributed by atoms with Crippen LogP contribution >= 0.6 is 0 Å². The Kier molecular flexibility index (Phi) is 17.5. The van der Waals surface area contributed by atoms with Crippen molar-refractivity contribution < 1.29 is 53.5 Å². The number of para-hydroxylation sites is 1. The molecule has 1 fully saturated rings. The molecule has 0 radical (unpaired) electrons. The Morgan fingerprint density at radius 2 is 1.67 bits per heavy atom. The van der Waals surface area contributed by atoms with Crippen LogP contribution in [0.4, 0.5) is 0 Å². The molecule has 18 nitrogen and oxygen atoms in total. The molecule has 1 aromatic heterocycles. The van der Waals surface area contributed by atoms with E-state index >= 15 is 0 Å². The summed E-state index contributed by atoms with van der Waals surface area (Å²) < 4.78 is 18.4. The summed E-state index contributed by atoms with van der Waals surface area (Å²) in [6.07, 6.45) is -6.08. The molecule has 6 atom stereocenters. The summed E-state index contributed by atoms with van der Waals surface area (Å²) in [4.78, 5) is 62.8. The number of fused-ring (bicyclic) bond motifs is 1. The molecule has 8 N–H and O–H groups in total. The number of aromatic nitrogens is 1. The third kappa shape index (κ3) is 13.2. The topological polar surface area (TPSA) is 242 Å². The van der Waals surface area contributed by atoms with Gasteiger partial charge in [0.05, 0.1) is 46.0 Å². The van der Waals surface area contributed by atoms with Gasteiger partial charge in [0.1, 0.15) is 36.2 Å². The van der Waals surface area contributed by atoms with Crippen molar-refractivity contribution in [3.63, 3.8) is 0 Å². The molecule has 2 aromatic rings. The number of carbonyl (C=O) groups excluding carboxylic acids is 5. The van der Waals surface area contributed by atoms with Crippen LogP contribution in [0.1, 0.15) is 38.8 Å². The number of carbonyl (C=O) groups is 5. The van der Waals surface area contributed by atoms with E-state index in [1.807, 2.05) is 47.0 Å². The highest BCUT2D eigenvalue weighted by atomic mass is 16.5. The number of ether oxygens (including phenoxy) is 3. The minimum atomic E-state index is -1.60. The summed E-state index contributed by atoms with van der Waals surface area (Å²) >= 11 is 0. The number of aliphatic hydroxyl groups excluding tert-OH is 3. The van der Waals surface area contributed by atoms with Gasteiger partial charge in [-0.15, -0.1) is 0 Å². The SMILES string of the molecule is CNN(C)Cc1cc2ccccc2n1CCC(=O)N[C@@H](CC(=O)N[C@H]1O[C@@H](CO)[C@H](O)[C@@H](O)[C@@H]1NC(C)=O)C(=O)NCCOCCOCCC(C)=O. The lowest BCUT2D eigenvalue weighted by molar-refractivity contribution is -0.203. The van der Waals surface area contributed by atoms with E-state index in [9.17, 15) is 39.3 Å². The number of nitrogens with one attached hydrogen (secondary N) is 5. The van der Waals surface area contributed by atoms with E-state index in [0.717, 1.165) is 16.6 Å². The number of hydrogen-bond acceptors (Lipinski definition) is 13. The third-order valence-corrected chi connectivity index (χ3v) is 8.40. The number of benzene rings is 1. The first-order valence-corrected chi connectivity index (χ1v) is 17.2. The summed E-state index contributed by atoms with van der Waals surface area (Å²) in [5, 5.41) is 43.7. The van der Waals surface area contributed by atoms with Crippen LogP contribution in [0.15, 0.2) is 30.3 Å². The summed E-state index contributed by atoms with van der Waals surface area (Å²) in [6, 6.07) is 7.19. The van der Waals surface area contributed by atoms with Gasteiger partial charge in [0, 0.05) is 51.1 Å². The second-order valence-electron chi connectivity index (χ2n) is 12.5. The first-order valence-electron chi connectivity index (χ1n) is 17.2. The van der Waals surface area contributed by atoms with Crippen LogP contribution in [-0.2, 0) is 51.3 Å². The Hall–Kier alpha value is -4.01. The Morgan fingerprint density at radius 3 is 2.35 bits per heavy atom. The highest BCUT2D eigenvalue weighted by Gasteiger charge is 2.45. The van der Waals surface area contributed by atoms with Crippen LogP contribution in [-0.4, -0.2) is 145 Å². The maximum atomic E-state index is 13.3. The Balaban J connectivity index is 1.68. The normalized spacial score (nSPS) is 20.7. The van der Waals surface area contributed by atoms with E-state index in [1.54, 1.807) is 7.05 Å². The van der Waals surface area contributed by atoms with Gasteiger partial charge in [0.15, 0.2) is 6.23 Å². The lowest BCUT2D eigenvalue weighted by atomic mass is 9.95. The van der Waals surface area contributed by atoms with Crippen LogP contribution in [0.25, 0.3) is 10.9 Å². The molecule has 1 aliphatic rings. The van der Waals surface area contributed by atoms with Gasteiger partial charge < -0.3 is 55.4 Å². The fourth-order valence-corrected chi connectivity index (χ4v) is 5.62. The zero-order chi connectivity index (χ0) is 38.2. The molecule has 0 spiro atoms. The van der Waals surface area contributed by atoms with Crippen molar-refractivity contribution in [1.82, 2.24) is 36.3 Å². The molecule has 0 saturated carbocycles. The van der Waals surface area contributed by atoms with E-state index in [0.29, 0.717) is 13.0 Å². The van der Waals surface area contributed by atoms with Crippen molar-refractivity contribution in [2.75, 3.05) is 53.7 Å². The number of aliphatic hydroxyl groups is 3. The van der Waals surface area contributed by atoms with Gasteiger partial charge >= 0.3 is 0 Å². The lowest BCUT2D eigenvalue weighted by Gasteiger charge is -2.42. The number of ketones is 1. The van der Waals surface area contributed by atoms with Gasteiger partial charge in [-0.25, -0.2) is 5.01 Å². The van der Waals surface area contributed by atoms with Crippen LogP contribution < -0.4 is 26.7 Å². The Labute approximate surface area is 302 Å². The smallest absolute Gasteiger partial charge is 0.243 e. The first kappa shape index (κ1) is 42.4. The maximum Gasteiger partial charge on any atom is 0.243 e. The van der Waals surface area contributed by atoms with Gasteiger partial charge in [-0.05, 0) is 31.5 Å². The van der Waals surface area contributed by atoms with E-state index < -0.39 is 73.3 Å². The number of hydrazine groups is 1. The Morgan fingerprint density at radius 1 is 0.962 bits per heavy atom. The van der Waals surface area contributed by atoms with Crippen LogP contribution in [0.2, 0.25) is 0 Å². The summed E-state index contributed by atoms with van der Waals surface area (Å²) in [7, 11) is 3.69. The van der Waals surface area contributed by atoms with Crippen LogP contribution in [0.5, 0.6) is 0 Å². The highest BCUT2D eigenvalue weighted by molar-refractivity contribution is 5.92. The van der Waals surface area contributed by atoms with Crippen LogP contribution in [0, 0.1) is 0 Å².